The first-order chi connectivity index (χ1) is 7.67. The van der Waals surface area contributed by atoms with E-state index in [0.29, 0.717) is 13.2 Å². The van der Waals surface area contributed by atoms with Gasteiger partial charge in [-0.1, -0.05) is 13.8 Å². The lowest BCUT2D eigenvalue weighted by atomic mass is 9.92. The van der Waals surface area contributed by atoms with Crippen molar-refractivity contribution in [2.45, 2.75) is 40.0 Å². The topological polar surface area (TPSA) is 55.4 Å². The fraction of sp³-hybridized carbons (Fsp3) is 0.833. The second kappa shape index (κ2) is 6.84. The van der Waals surface area contributed by atoms with Crippen molar-refractivity contribution >= 4 is 23.5 Å². The molecule has 0 bridgehead atoms. The molecular weight excluding hydrogens is 242 g/mol. The van der Waals surface area contributed by atoms with Gasteiger partial charge in [-0.15, -0.1) is 11.6 Å². The molecule has 100 valence electrons. The average molecular weight is 264 g/mol. The molecule has 0 aliphatic carbocycles. The van der Waals surface area contributed by atoms with Crippen molar-refractivity contribution in [2.75, 3.05) is 13.2 Å². The number of carbonyl (C=O) groups is 2. The first kappa shape index (κ1) is 16.2. The Balaban J connectivity index is 4.33. The summed E-state index contributed by atoms with van der Waals surface area (Å²) in [4.78, 5) is 23.5. The van der Waals surface area contributed by atoms with Gasteiger partial charge in [-0.2, -0.15) is 0 Å². The molecule has 1 N–H and O–H groups in total. The van der Waals surface area contributed by atoms with Gasteiger partial charge in [0.1, 0.15) is 5.41 Å². The van der Waals surface area contributed by atoms with Crippen molar-refractivity contribution in [3.63, 3.8) is 0 Å². The summed E-state index contributed by atoms with van der Waals surface area (Å²) in [7, 11) is 0. The highest BCUT2D eigenvalue weighted by atomic mass is 35.5. The lowest BCUT2D eigenvalue weighted by Gasteiger charge is -2.22. The van der Waals surface area contributed by atoms with Crippen LogP contribution in [-0.4, -0.2) is 30.4 Å². The van der Waals surface area contributed by atoms with Crippen molar-refractivity contribution in [1.82, 2.24) is 5.32 Å². The molecule has 0 radical (unpaired) electrons. The molecule has 0 aliphatic heterocycles. The maximum atomic E-state index is 11.8. The van der Waals surface area contributed by atoms with Gasteiger partial charge in [0.15, 0.2) is 0 Å². The van der Waals surface area contributed by atoms with Gasteiger partial charge in [-0.3, -0.25) is 9.59 Å². The van der Waals surface area contributed by atoms with Crippen molar-refractivity contribution in [3.05, 3.63) is 0 Å². The summed E-state index contributed by atoms with van der Waals surface area (Å²) in [5.41, 5.74) is -1.18. The highest BCUT2D eigenvalue weighted by Gasteiger charge is 2.37. The normalized spacial score (nSPS) is 13.4. The minimum absolute atomic E-state index is 0.165. The zero-order valence-electron chi connectivity index (χ0n) is 11.2. The van der Waals surface area contributed by atoms with Crippen LogP contribution < -0.4 is 5.32 Å². The number of hydrogen-bond acceptors (Lipinski definition) is 3. The molecule has 0 aromatic heterocycles. The van der Waals surface area contributed by atoms with Crippen LogP contribution in [0.25, 0.3) is 0 Å². The minimum Gasteiger partial charge on any atom is -0.465 e. The van der Waals surface area contributed by atoms with E-state index in [1.165, 1.54) is 0 Å². The Morgan fingerprint density at radius 1 is 1.29 bits per heavy atom. The molecule has 5 heteroatoms. The highest BCUT2D eigenvalue weighted by molar-refractivity contribution is 6.20. The van der Waals surface area contributed by atoms with E-state index in [2.05, 4.69) is 5.32 Å². The van der Waals surface area contributed by atoms with Crippen LogP contribution >= 0.6 is 11.6 Å². The van der Waals surface area contributed by atoms with Crippen molar-refractivity contribution < 1.29 is 14.3 Å². The average Bonchev–Trinajstić information content (AvgIpc) is 2.21. The zero-order chi connectivity index (χ0) is 13.6. The Labute approximate surface area is 108 Å². The Hall–Kier alpha value is -0.770. The Bertz CT molecular complexity index is 249. The Morgan fingerprint density at radius 3 is 2.24 bits per heavy atom. The van der Waals surface area contributed by atoms with Gasteiger partial charge in [0.25, 0.3) is 0 Å². The molecule has 4 nitrogen and oxygen atoms in total. The van der Waals surface area contributed by atoms with Gasteiger partial charge in [0.05, 0.1) is 6.61 Å². The molecule has 17 heavy (non-hydrogen) atoms. The van der Waals surface area contributed by atoms with E-state index in [4.69, 9.17) is 16.3 Å². The summed E-state index contributed by atoms with van der Waals surface area (Å²) in [5.74, 6) is -0.620. The second-order valence-electron chi connectivity index (χ2n) is 5.11. The first-order valence-corrected chi connectivity index (χ1v) is 6.21. The number of amides is 1. The molecule has 0 aromatic carbocycles. The van der Waals surface area contributed by atoms with Gasteiger partial charge < -0.3 is 10.1 Å². The number of rotatable bonds is 6. The molecule has 0 saturated heterocycles. The Morgan fingerprint density at radius 2 is 1.82 bits per heavy atom. The van der Waals surface area contributed by atoms with Crippen LogP contribution in [0.15, 0.2) is 0 Å². The second-order valence-corrected chi connectivity index (χ2v) is 5.85. The molecule has 0 aromatic rings. The number of alkyl halides is 1. The van der Waals surface area contributed by atoms with Gasteiger partial charge in [-0.05, 0) is 26.7 Å². The predicted octanol–water partition coefficient (Wildman–Crippen LogP) is 1.96. The molecule has 0 spiro atoms. The summed E-state index contributed by atoms with van der Waals surface area (Å²) in [6, 6.07) is 0. The van der Waals surface area contributed by atoms with Crippen molar-refractivity contribution in [1.29, 1.82) is 0 Å². The monoisotopic (exact) mass is 263 g/mol. The molecule has 0 unspecified atom stereocenters. The van der Waals surface area contributed by atoms with E-state index < -0.39 is 11.4 Å². The molecule has 0 saturated carbocycles. The molecule has 0 rings (SSSR count). The van der Waals surface area contributed by atoms with Crippen LogP contribution in [0.4, 0.5) is 0 Å². The standard InChI is InChI=1S/C12H22ClNO3/c1-8(2)7-17-11(16)12(4,5)10(15)14-6-9(3)13/h8-9H,6-7H2,1-5H3,(H,14,15)/t9-/m0/s1. The van der Waals surface area contributed by atoms with E-state index in [-0.39, 0.29) is 17.2 Å². The third-order valence-corrected chi connectivity index (χ3v) is 2.32. The molecule has 0 heterocycles. The third kappa shape index (κ3) is 5.91. The van der Waals surface area contributed by atoms with Crippen molar-refractivity contribution in [2.24, 2.45) is 11.3 Å². The number of carbonyl (C=O) groups excluding carboxylic acids is 2. The SMILES string of the molecule is CC(C)COC(=O)C(C)(C)C(=O)NC[C@H](C)Cl. The third-order valence-electron chi connectivity index (χ3n) is 2.17. The molecule has 0 fully saturated rings. The fourth-order valence-corrected chi connectivity index (χ4v) is 1.05. The molecule has 0 aliphatic rings. The largest absolute Gasteiger partial charge is 0.465 e. The van der Waals surface area contributed by atoms with E-state index in [0.717, 1.165) is 0 Å². The van der Waals surface area contributed by atoms with Gasteiger partial charge in [0, 0.05) is 11.9 Å². The van der Waals surface area contributed by atoms with E-state index in [9.17, 15) is 9.59 Å². The van der Waals surface area contributed by atoms with E-state index in [1.807, 2.05) is 13.8 Å². The highest BCUT2D eigenvalue weighted by Crippen LogP contribution is 2.18. The number of esters is 1. The lowest BCUT2D eigenvalue weighted by molar-refractivity contribution is -0.159. The number of halogens is 1. The first-order valence-electron chi connectivity index (χ1n) is 5.77. The van der Waals surface area contributed by atoms with Crippen LogP contribution in [-0.2, 0) is 14.3 Å². The molecule has 1 amide bonds. The summed E-state index contributed by atoms with van der Waals surface area (Å²) < 4.78 is 5.06. The fourth-order valence-electron chi connectivity index (χ4n) is 0.970. The summed E-state index contributed by atoms with van der Waals surface area (Å²) in [5, 5.41) is 2.45. The number of ether oxygens (including phenoxy) is 1. The Kier molecular flexibility index (Phi) is 6.53. The van der Waals surface area contributed by atoms with Gasteiger partial charge in [0.2, 0.25) is 5.91 Å². The minimum atomic E-state index is -1.18. The van der Waals surface area contributed by atoms with Crippen molar-refractivity contribution in [3.8, 4) is 0 Å². The van der Waals surface area contributed by atoms with Gasteiger partial charge in [-0.25, -0.2) is 0 Å². The molecular formula is C12H22ClNO3. The lowest BCUT2D eigenvalue weighted by Crippen LogP contribution is -2.45. The predicted molar refractivity (Wildman–Crippen MR) is 67.9 cm³/mol. The summed E-state index contributed by atoms with van der Waals surface area (Å²) >= 11 is 5.72. The van der Waals surface area contributed by atoms with Crippen LogP contribution in [0.2, 0.25) is 0 Å². The van der Waals surface area contributed by atoms with Gasteiger partial charge >= 0.3 is 5.97 Å². The maximum absolute atomic E-state index is 11.8. The quantitative estimate of drug-likeness (QED) is 0.453. The summed E-state index contributed by atoms with van der Waals surface area (Å²) in [6.45, 7) is 9.40. The van der Waals surface area contributed by atoms with E-state index >= 15 is 0 Å². The van der Waals surface area contributed by atoms with E-state index in [1.54, 1.807) is 20.8 Å². The number of nitrogens with one attached hydrogen (secondary N) is 1. The van der Waals surface area contributed by atoms with Crippen LogP contribution in [0, 0.1) is 11.3 Å². The number of hydrogen-bond donors (Lipinski definition) is 1. The zero-order valence-corrected chi connectivity index (χ0v) is 11.9. The smallest absolute Gasteiger partial charge is 0.321 e. The van der Waals surface area contributed by atoms with Crippen LogP contribution in [0.3, 0.4) is 0 Å². The van der Waals surface area contributed by atoms with Crippen LogP contribution in [0.5, 0.6) is 0 Å². The van der Waals surface area contributed by atoms with Crippen LogP contribution in [0.1, 0.15) is 34.6 Å². The summed E-state index contributed by atoms with van der Waals surface area (Å²) in [6.07, 6.45) is 0. The maximum Gasteiger partial charge on any atom is 0.321 e. The molecule has 1 atom stereocenters.